The number of hydrogen-bond donors (Lipinski definition) is 1. The predicted molar refractivity (Wildman–Crippen MR) is 79.5 cm³/mol. The highest BCUT2D eigenvalue weighted by Crippen LogP contribution is 2.25. The summed E-state index contributed by atoms with van der Waals surface area (Å²) < 4.78 is 33.1. The average Bonchev–Trinajstić information content (AvgIpc) is 2.47. The maximum Gasteiger partial charge on any atom is 0.130 e. The molecule has 2 rings (SSSR count). The minimum Gasteiger partial charge on any atom is -0.497 e. The molecule has 0 heterocycles. The van der Waals surface area contributed by atoms with Crippen molar-refractivity contribution in [2.24, 2.45) is 0 Å². The summed E-state index contributed by atoms with van der Waals surface area (Å²) in [6, 6.07) is 11.0. The Balaban J connectivity index is 2.30. The molecule has 1 unspecified atom stereocenters. The van der Waals surface area contributed by atoms with E-state index in [1.54, 1.807) is 7.11 Å². The van der Waals surface area contributed by atoms with Gasteiger partial charge in [-0.25, -0.2) is 8.78 Å². The molecule has 0 saturated carbocycles. The lowest BCUT2D eigenvalue weighted by Crippen LogP contribution is -2.25. The fourth-order valence-corrected chi connectivity index (χ4v) is 2.40. The number of ether oxygens (including phenoxy) is 1. The van der Waals surface area contributed by atoms with Crippen molar-refractivity contribution in [2.45, 2.75) is 19.4 Å². The maximum absolute atomic E-state index is 14.0. The monoisotopic (exact) mass is 291 g/mol. The standard InChI is InChI=1S/C17H19F2NO/c1-3-20-16(17-14(18)8-5-9-15(17)19)11-12-6-4-7-13(10-12)21-2/h4-10,16,20H,3,11H2,1-2H3. The fraction of sp³-hybridized carbons (Fsp3) is 0.294. The van der Waals surface area contributed by atoms with Crippen LogP contribution >= 0.6 is 0 Å². The van der Waals surface area contributed by atoms with Crippen LogP contribution in [0.15, 0.2) is 42.5 Å². The average molecular weight is 291 g/mol. The third-order valence-electron chi connectivity index (χ3n) is 3.37. The Labute approximate surface area is 123 Å². The lowest BCUT2D eigenvalue weighted by molar-refractivity contribution is 0.413. The van der Waals surface area contributed by atoms with E-state index in [2.05, 4.69) is 5.32 Å². The molecule has 0 aliphatic rings. The van der Waals surface area contributed by atoms with Gasteiger partial charge >= 0.3 is 0 Å². The van der Waals surface area contributed by atoms with Gasteiger partial charge < -0.3 is 10.1 Å². The molecule has 0 saturated heterocycles. The molecule has 0 amide bonds. The Morgan fingerprint density at radius 2 is 1.76 bits per heavy atom. The van der Waals surface area contributed by atoms with E-state index in [1.165, 1.54) is 18.2 Å². The van der Waals surface area contributed by atoms with E-state index in [0.717, 1.165) is 11.3 Å². The fourth-order valence-electron chi connectivity index (χ4n) is 2.40. The highest BCUT2D eigenvalue weighted by molar-refractivity contribution is 5.31. The van der Waals surface area contributed by atoms with Gasteiger partial charge in [0, 0.05) is 11.6 Å². The molecule has 112 valence electrons. The van der Waals surface area contributed by atoms with Crippen LogP contribution in [-0.4, -0.2) is 13.7 Å². The molecule has 0 aliphatic heterocycles. The molecular weight excluding hydrogens is 272 g/mol. The van der Waals surface area contributed by atoms with Gasteiger partial charge in [-0.1, -0.05) is 25.1 Å². The summed E-state index contributed by atoms with van der Waals surface area (Å²) in [5, 5.41) is 3.15. The van der Waals surface area contributed by atoms with Gasteiger partial charge in [0.05, 0.1) is 7.11 Å². The molecule has 0 fully saturated rings. The van der Waals surface area contributed by atoms with Crippen LogP contribution in [0.5, 0.6) is 5.75 Å². The molecule has 0 aromatic heterocycles. The Morgan fingerprint density at radius 3 is 2.38 bits per heavy atom. The minimum atomic E-state index is -0.524. The van der Waals surface area contributed by atoms with Crippen LogP contribution in [0, 0.1) is 11.6 Å². The Kier molecular flexibility index (Phi) is 5.28. The van der Waals surface area contributed by atoms with Gasteiger partial charge in [-0.3, -0.25) is 0 Å². The lowest BCUT2D eigenvalue weighted by atomic mass is 9.97. The third kappa shape index (κ3) is 3.79. The number of halogens is 2. The Hall–Kier alpha value is -1.94. The molecule has 0 bridgehead atoms. The first kappa shape index (κ1) is 15.4. The third-order valence-corrected chi connectivity index (χ3v) is 3.37. The van der Waals surface area contributed by atoms with Crippen molar-refractivity contribution < 1.29 is 13.5 Å². The largest absolute Gasteiger partial charge is 0.497 e. The molecule has 4 heteroatoms. The first-order valence-electron chi connectivity index (χ1n) is 6.96. The molecule has 0 spiro atoms. The van der Waals surface area contributed by atoms with Crippen LogP contribution in [0.3, 0.4) is 0 Å². The summed E-state index contributed by atoms with van der Waals surface area (Å²) in [5.74, 6) is -0.315. The van der Waals surface area contributed by atoms with Crippen LogP contribution < -0.4 is 10.1 Å². The molecular formula is C17H19F2NO. The second kappa shape index (κ2) is 7.18. The molecule has 2 nitrogen and oxygen atoms in total. The molecule has 0 aliphatic carbocycles. The second-order valence-electron chi connectivity index (χ2n) is 4.80. The number of benzene rings is 2. The first-order valence-corrected chi connectivity index (χ1v) is 6.96. The number of hydrogen-bond acceptors (Lipinski definition) is 2. The summed E-state index contributed by atoms with van der Waals surface area (Å²) in [4.78, 5) is 0. The number of likely N-dealkylation sites (N-methyl/N-ethyl adjacent to an activating group) is 1. The van der Waals surface area contributed by atoms with Crippen molar-refractivity contribution >= 4 is 0 Å². The van der Waals surface area contributed by atoms with Crippen molar-refractivity contribution in [2.75, 3.05) is 13.7 Å². The molecule has 2 aromatic carbocycles. The predicted octanol–water partition coefficient (Wildman–Crippen LogP) is 3.87. The van der Waals surface area contributed by atoms with Crippen LogP contribution in [0.4, 0.5) is 8.78 Å². The molecule has 21 heavy (non-hydrogen) atoms. The quantitative estimate of drug-likeness (QED) is 0.872. The van der Waals surface area contributed by atoms with Crippen molar-refractivity contribution in [1.29, 1.82) is 0 Å². The van der Waals surface area contributed by atoms with E-state index in [4.69, 9.17) is 4.74 Å². The van der Waals surface area contributed by atoms with Gasteiger partial charge in [-0.2, -0.15) is 0 Å². The molecule has 1 atom stereocenters. The van der Waals surface area contributed by atoms with Gasteiger partial charge in [-0.15, -0.1) is 0 Å². The van der Waals surface area contributed by atoms with Gasteiger partial charge in [0.15, 0.2) is 0 Å². The number of rotatable bonds is 6. The highest BCUT2D eigenvalue weighted by atomic mass is 19.1. The summed E-state index contributed by atoms with van der Waals surface area (Å²) in [6.45, 7) is 2.54. The Morgan fingerprint density at radius 1 is 1.10 bits per heavy atom. The zero-order valence-corrected chi connectivity index (χ0v) is 12.2. The highest BCUT2D eigenvalue weighted by Gasteiger charge is 2.19. The van der Waals surface area contributed by atoms with Gasteiger partial charge in [0.25, 0.3) is 0 Å². The van der Waals surface area contributed by atoms with E-state index in [1.807, 2.05) is 31.2 Å². The van der Waals surface area contributed by atoms with Crippen molar-refractivity contribution in [3.05, 3.63) is 65.2 Å². The van der Waals surface area contributed by atoms with E-state index >= 15 is 0 Å². The number of nitrogens with one attached hydrogen (secondary N) is 1. The van der Waals surface area contributed by atoms with Gasteiger partial charge in [-0.05, 0) is 42.8 Å². The van der Waals surface area contributed by atoms with Crippen molar-refractivity contribution in [1.82, 2.24) is 5.32 Å². The van der Waals surface area contributed by atoms with E-state index < -0.39 is 17.7 Å². The lowest BCUT2D eigenvalue weighted by Gasteiger charge is -2.20. The topological polar surface area (TPSA) is 21.3 Å². The smallest absolute Gasteiger partial charge is 0.130 e. The summed E-state index contributed by atoms with van der Waals surface area (Å²) in [6.07, 6.45) is 0.489. The minimum absolute atomic E-state index is 0.0853. The van der Waals surface area contributed by atoms with Crippen LogP contribution in [-0.2, 0) is 6.42 Å². The van der Waals surface area contributed by atoms with E-state index in [9.17, 15) is 8.78 Å². The van der Waals surface area contributed by atoms with Crippen molar-refractivity contribution in [3.8, 4) is 5.75 Å². The maximum atomic E-state index is 14.0. The normalized spacial score (nSPS) is 12.2. The van der Waals surface area contributed by atoms with Crippen LogP contribution in [0.25, 0.3) is 0 Å². The van der Waals surface area contributed by atoms with Gasteiger partial charge in [0.2, 0.25) is 0 Å². The molecule has 0 radical (unpaired) electrons. The zero-order valence-electron chi connectivity index (χ0n) is 12.2. The molecule has 1 N–H and O–H groups in total. The van der Waals surface area contributed by atoms with Crippen LogP contribution in [0.2, 0.25) is 0 Å². The summed E-state index contributed by atoms with van der Waals surface area (Å²) >= 11 is 0. The molecule has 2 aromatic rings. The van der Waals surface area contributed by atoms with Crippen molar-refractivity contribution in [3.63, 3.8) is 0 Å². The summed E-state index contributed by atoms with van der Waals surface area (Å²) in [7, 11) is 1.59. The summed E-state index contributed by atoms with van der Waals surface area (Å²) in [5.41, 5.74) is 1.05. The number of methoxy groups -OCH3 is 1. The van der Waals surface area contributed by atoms with E-state index in [0.29, 0.717) is 13.0 Å². The van der Waals surface area contributed by atoms with E-state index in [-0.39, 0.29) is 5.56 Å². The van der Waals surface area contributed by atoms with Gasteiger partial charge in [0.1, 0.15) is 17.4 Å². The first-order chi connectivity index (χ1) is 10.2. The SMILES string of the molecule is CCNC(Cc1cccc(OC)c1)c1c(F)cccc1F. The van der Waals surface area contributed by atoms with Crippen LogP contribution in [0.1, 0.15) is 24.1 Å². The Bertz CT molecular complexity index is 581. The second-order valence-corrected chi connectivity index (χ2v) is 4.80. The zero-order chi connectivity index (χ0) is 15.2.